The van der Waals surface area contributed by atoms with E-state index in [1.165, 1.54) is 6.07 Å². The van der Waals surface area contributed by atoms with Crippen LogP contribution in [-0.4, -0.2) is 31.1 Å². The number of sulfone groups is 1. The maximum atomic E-state index is 11.3. The average Bonchev–Trinajstić information content (AvgIpc) is 2.61. The van der Waals surface area contributed by atoms with Gasteiger partial charge >= 0.3 is 0 Å². The summed E-state index contributed by atoms with van der Waals surface area (Å²) in [6, 6.07) is 3.05. The second-order valence-corrected chi connectivity index (χ2v) is 7.25. The van der Waals surface area contributed by atoms with Gasteiger partial charge in [0, 0.05) is 10.6 Å². The topological polar surface area (TPSA) is 63.6 Å². The highest BCUT2D eigenvalue weighted by Gasteiger charge is 2.30. The first kappa shape index (κ1) is 13.9. The molecule has 0 saturated carbocycles. The Bertz CT molecular complexity index is 556. The van der Waals surface area contributed by atoms with Gasteiger partial charge in [0.1, 0.15) is 11.9 Å². The van der Waals surface area contributed by atoms with Crippen LogP contribution in [0.3, 0.4) is 0 Å². The second-order valence-electron chi connectivity index (χ2n) is 4.18. The van der Waals surface area contributed by atoms with Crippen molar-refractivity contribution in [3.63, 3.8) is 0 Å². The van der Waals surface area contributed by atoms with Crippen molar-refractivity contribution < 1.29 is 18.3 Å². The normalized spacial score (nSPS) is 22.1. The van der Waals surface area contributed by atoms with Gasteiger partial charge < -0.3 is 9.84 Å². The van der Waals surface area contributed by atoms with Gasteiger partial charge in [-0.1, -0.05) is 23.2 Å². The Balaban J connectivity index is 2.24. The third-order valence-electron chi connectivity index (χ3n) is 2.73. The third-order valence-corrected chi connectivity index (χ3v) is 4.97. The number of aliphatic hydroxyl groups excluding tert-OH is 1. The third kappa shape index (κ3) is 3.09. The van der Waals surface area contributed by atoms with Crippen LogP contribution in [0, 0.1) is 0 Å². The molecule has 0 aromatic heterocycles. The molecule has 18 heavy (non-hydrogen) atoms. The van der Waals surface area contributed by atoms with E-state index in [4.69, 9.17) is 27.9 Å². The molecule has 1 N–H and O–H groups in total. The minimum absolute atomic E-state index is 0.0170. The van der Waals surface area contributed by atoms with Crippen molar-refractivity contribution in [3.05, 3.63) is 27.7 Å². The minimum Gasteiger partial charge on any atom is -0.487 e. The van der Waals surface area contributed by atoms with Crippen LogP contribution in [0.5, 0.6) is 5.75 Å². The molecule has 2 rings (SSSR count). The Kier molecular flexibility index (Phi) is 4.06. The van der Waals surface area contributed by atoms with Gasteiger partial charge in [0.05, 0.1) is 23.1 Å². The lowest BCUT2D eigenvalue weighted by Gasteiger charge is -2.16. The predicted molar refractivity (Wildman–Crippen MR) is 70.1 cm³/mol. The van der Waals surface area contributed by atoms with Crippen LogP contribution in [0.4, 0.5) is 0 Å². The largest absolute Gasteiger partial charge is 0.487 e. The summed E-state index contributed by atoms with van der Waals surface area (Å²) < 4.78 is 28.3. The number of benzene rings is 1. The van der Waals surface area contributed by atoms with Crippen LogP contribution in [-0.2, 0) is 16.4 Å². The molecular formula is C11H12Cl2O4S. The van der Waals surface area contributed by atoms with Crippen molar-refractivity contribution in [1.82, 2.24) is 0 Å². The van der Waals surface area contributed by atoms with Gasteiger partial charge in [0.25, 0.3) is 0 Å². The van der Waals surface area contributed by atoms with Crippen LogP contribution in [0.25, 0.3) is 0 Å². The number of aliphatic hydroxyl groups is 1. The zero-order valence-electron chi connectivity index (χ0n) is 9.40. The summed E-state index contributed by atoms with van der Waals surface area (Å²) in [6.07, 6.45) is 0.0190. The summed E-state index contributed by atoms with van der Waals surface area (Å²) >= 11 is 11.8. The average molecular weight is 311 g/mol. The lowest BCUT2D eigenvalue weighted by molar-refractivity contribution is 0.215. The highest BCUT2D eigenvalue weighted by molar-refractivity contribution is 7.91. The molecule has 1 unspecified atom stereocenters. The van der Waals surface area contributed by atoms with E-state index >= 15 is 0 Å². The summed E-state index contributed by atoms with van der Waals surface area (Å²) in [5, 5.41) is 9.90. The lowest BCUT2D eigenvalue weighted by atomic mass is 10.2. The maximum absolute atomic E-state index is 11.3. The monoisotopic (exact) mass is 310 g/mol. The van der Waals surface area contributed by atoms with Gasteiger partial charge in [0.2, 0.25) is 0 Å². The van der Waals surface area contributed by atoms with Gasteiger partial charge in [0.15, 0.2) is 9.84 Å². The molecule has 0 spiro atoms. The summed E-state index contributed by atoms with van der Waals surface area (Å²) in [5.74, 6) is 0.416. The van der Waals surface area contributed by atoms with E-state index in [0.717, 1.165) is 0 Å². The molecule has 100 valence electrons. The number of hydrogen-bond acceptors (Lipinski definition) is 4. The molecule has 4 nitrogen and oxygen atoms in total. The molecule has 1 heterocycles. The van der Waals surface area contributed by atoms with Crippen molar-refractivity contribution in [3.8, 4) is 5.75 Å². The Morgan fingerprint density at radius 1 is 1.39 bits per heavy atom. The van der Waals surface area contributed by atoms with Crippen molar-refractivity contribution in [1.29, 1.82) is 0 Å². The van der Waals surface area contributed by atoms with E-state index in [-0.39, 0.29) is 23.1 Å². The van der Waals surface area contributed by atoms with E-state index in [9.17, 15) is 13.5 Å². The van der Waals surface area contributed by atoms with Gasteiger partial charge in [-0.15, -0.1) is 0 Å². The fourth-order valence-electron chi connectivity index (χ4n) is 1.88. The van der Waals surface area contributed by atoms with Gasteiger partial charge in [-0.25, -0.2) is 8.42 Å². The highest BCUT2D eigenvalue weighted by atomic mass is 35.5. The summed E-state index contributed by atoms with van der Waals surface area (Å²) in [7, 11) is -3.01. The van der Waals surface area contributed by atoms with Crippen molar-refractivity contribution >= 4 is 33.0 Å². The zero-order valence-corrected chi connectivity index (χ0v) is 11.7. The van der Waals surface area contributed by atoms with Crippen LogP contribution in [0.1, 0.15) is 12.0 Å². The highest BCUT2D eigenvalue weighted by Crippen LogP contribution is 2.34. The zero-order chi connectivity index (χ0) is 13.3. The molecule has 0 aliphatic carbocycles. The Morgan fingerprint density at radius 2 is 2.11 bits per heavy atom. The van der Waals surface area contributed by atoms with E-state index in [1.54, 1.807) is 6.07 Å². The predicted octanol–water partition coefficient (Wildman–Crippen LogP) is 2.05. The molecule has 0 bridgehead atoms. The molecule has 1 saturated heterocycles. The number of ether oxygens (including phenoxy) is 1. The van der Waals surface area contributed by atoms with E-state index in [0.29, 0.717) is 22.8 Å². The molecule has 1 aromatic carbocycles. The van der Waals surface area contributed by atoms with Crippen LogP contribution < -0.4 is 4.74 Å². The van der Waals surface area contributed by atoms with E-state index in [1.807, 2.05) is 0 Å². The quantitative estimate of drug-likeness (QED) is 0.928. The first-order chi connectivity index (χ1) is 8.41. The second kappa shape index (κ2) is 5.25. The molecule has 1 aromatic rings. The maximum Gasteiger partial charge on any atom is 0.154 e. The first-order valence-electron chi connectivity index (χ1n) is 5.37. The molecular weight excluding hydrogens is 299 g/mol. The molecule has 1 atom stereocenters. The molecule has 7 heteroatoms. The fraction of sp³-hybridized carbons (Fsp3) is 0.455. The summed E-state index contributed by atoms with van der Waals surface area (Å²) in [5.41, 5.74) is 0.455. The standard InChI is InChI=1S/C11H12Cl2O4S/c12-8-3-7(5-14)11(10(13)4-8)17-9-1-2-18(15,16)6-9/h3-4,9,14H,1-2,5-6H2. The van der Waals surface area contributed by atoms with Crippen molar-refractivity contribution in [2.24, 2.45) is 0 Å². The fourth-order valence-corrected chi connectivity index (χ4v) is 4.05. The van der Waals surface area contributed by atoms with Crippen LogP contribution in [0.2, 0.25) is 10.0 Å². The number of rotatable bonds is 3. The lowest BCUT2D eigenvalue weighted by Crippen LogP contribution is -2.18. The number of hydrogen-bond donors (Lipinski definition) is 1. The van der Waals surface area contributed by atoms with Crippen molar-refractivity contribution in [2.45, 2.75) is 19.1 Å². The van der Waals surface area contributed by atoms with Gasteiger partial charge in [-0.2, -0.15) is 0 Å². The van der Waals surface area contributed by atoms with Crippen LogP contribution in [0.15, 0.2) is 12.1 Å². The Hall–Kier alpha value is -0.490. The van der Waals surface area contributed by atoms with Crippen molar-refractivity contribution in [2.75, 3.05) is 11.5 Å². The van der Waals surface area contributed by atoms with E-state index < -0.39 is 15.9 Å². The molecule has 1 aliphatic heterocycles. The molecule has 0 amide bonds. The summed E-state index contributed by atoms with van der Waals surface area (Å²) in [6.45, 7) is -0.269. The van der Waals surface area contributed by atoms with E-state index in [2.05, 4.69) is 0 Å². The van der Waals surface area contributed by atoms with Crippen LogP contribution >= 0.6 is 23.2 Å². The molecule has 1 aliphatic rings. The van der Waals surface area contributed by atoms with Gasteiger partial charge in [-0.3, -0.25) is 0 Å². The summed E-state index contributed by atoms with van der Waals surface area (Å²) in [4.78, 5) is 0. The Labute approximate surface area is 115 Å². The molecule has 0 radical (unpaired) electrons. The SMILES string of the molecule is O=S1(=O)CCC(Oc2c(Cl)cc(Cl)cc2CO)C1. The van der Waals surface area contributed by atoms with Gasteiger partial charge in [-0.05, 0) is 18.6 Å². The smallest absolute Gasteiger partial charge is 0.154 e. The Morgan fingerprint density at radius 3 is 2.67 bits per heavy atom. The molecule has 1 fully saturated rings. The first-order valence-corrected chi connectivity index (χ1v) is 7.95. The minimum atomic E-state index is -3.01. The number of halogens is 2.